The van der Waals surface area contributed by atoms with Crippen LogP contribution in [0.5, 0.6) is 0 Å². The van der Waals surface area contributed by atoms with Gasteiger partial charge in [0.15, 0.2) is 6.10 Å². The van der Waals surface area contributed by atoms with Crippen molar-refractivity contribution in [2.45, 2.75) is 11.0 Å². The van der Waals surface area contributed by atoms with Crippen molar-refractivity contribution in [1.29, 1.82) is 0 Å². The first-order chi connectivity index (χ1) is 8.38. The van der Waals surface area contributed by atoms with Gasteiger partial charge in [-0.05, 0) is 12.1 Å². The number of aliphatic hydroxyl groups is 1. The van der Waals surface area contributed by atoms with Gasteiger partial charge in [-0.2, -0.15) is 0 Å². The summed E-state index contributed by atoms with van der Waals surface area (Å²) in [6.07, 6.45) is -0.236. The highest BCUT2D eigenvalue weighted by Crippen LogP contribution is 2.13. The summed E-state index contributed by atoms with van der Waals surface area (Å²) in [5, 5.41) is 9.25. The number of ether oxygens (including phenoxy) is 1. The molecular weight excluding hydrogens is 262 g/mol. The van der Waals surface area contributed by atoms with Crippen molar-refractivity contribution < 1.29 is 23.1 Å². The number of carbonyl (C=O) groups excluding carboxylic acids is 1. The molecule has 0 aliphatic rings. The number of pyridine rings is 1. The highest BCUT2D eigenvalue weighted by atomic mass is 32.2. The molecule has 0 aliphatic carbocycles. The number of hydrogen-bond donors (Lipinski definition) is 3. The smallest absolute Gasteiger partial charge is 0.336 e. The maximum absolute atomic E-state index is 11.8. The lowest BCUT2D eigenvalue weighted by Gasteiger charge is -2.11. The Bertz CT molecular complexity index is 531. The van der Waals surface area contributed by atoms with E-state index < -0.39 is 28.6 Å². The number of sulfonamides is 1. The van der Waals surface area contributed by atoms with E-state index in [4.69, 9.17) is 5.73 Å². The Hall–Kier alpha value is -1.71. The molecule has 1 rings (SSSR count). The molecule has 8 nitrogen and oxygen atoms in total. The number of nitrogens with one attached hydrogen (secondary N) is 1. The van der Waals surface area contributed by atoms with Crippen LogP contribution in [0, 0.1) is 0 Å². The summed E-state index contributed by atoms with van der Waals surface area (Å²) >= 11 is 0. The summed E-state index contributed by atoms with van der Waals surface area (Å²) < 4.78 is 29.8. The Morgan fingerprint density at radius 2 is 2.33 bits per heavy atom. The van der Waals surface area contributed by atoms with Gasteiger partial charge in [0.2, 0.25) is 10.0 Å². The van der Waals surface area contributed by atoms with Crippen molar-refractivity contribution in [2.24, 2.45) is 0 Å². The van der Waals surface area contributed by atoms with E-state index in [1.807, 2.05) is 4.72 Å². The number of carbonyl (C=O) groups is 1. The third-order valence-corrected chi connectivity index (χ3v) is 3.50. The number of nitrogens with two attached hydrogens (primary N) is 1. The zero-order valence-electron chi connectivity index (χ0n) is 9.53. The highest BCUT2D eigenvalue weighted by Gasteiger charge is 2.22. The average molecular weight is 275 g/mol. The van der Waals surface area contributed by atoms with Crippen molar-refractivity contribution in [1.82, 2.24) is 9.71 Å². The molecule has 0 saturated carbocycles. The molecular formula is C9H13N3O5S. The summed E-state index contributed by atoms with van der Waals surface area (Å²) in [5.74, 6) is -1.10. The first-order valence-corrected chi connectivity index (χ1v) is 6.33. The number of nitrogens with zero attached hydrogens (tertiary/aromatic N) is 1. The maximum atomic E-state index is 11.8. The number of hydrogen-bond acceptors (Lipinski definition) is 7. The van der Waals surface area contributed by atoms with Gasteiger partial charge >= 0.3 is 5.97 Å². The molecule has 0 aromatic carbocycles. The fraction of sp³-hybridized carbons (Fsp3) is 0.333. The Morgan fingerprint density at radius 3 is 2.89 bits per heavy atom. The highest BCUT2D eigenvalue weighted by molar-refractivity contribution is 7.89. The van der Waals surface area contributed by atoms with E-state index in [-0.39, 0.29) is 10.7 Å². The number of methoxy groups -OCH3 is 1. The Kier molecular flexibility index (Phi) is 4.59. The molecule has 0 aliphatic heterocycles. The summed E-state index contributed by atoms with van der Waals surface area (Å²) in [5.41, 5.74) is 5.41. The molecule has 0 amide bonds. The molecule has 0 fully saturated rings. The minimum atomic E-state index is -3.93. The SMILES string of the molecule is COC(=O)C(O)CNS(=O)(=O)c1cccnc1N. The predicted molar refractivity (Wildman–Crippen MR) is 61.9 cm³/mol. The van der Waals surface area contributed by atoms with E-state index in [1.165, 1.54) is 18.3 Å². The molecule has 0 radical (unpaired) electrons. The number of anilines is 1. The quantitative estimate of drug-likeness (QED) is 0.556. The molecule has 0 spiro atoms. The van der Waals surface area contributed by atoms with Gasteiger partial charge in [0.1, 0.15) is 10.7 Å². The molecule has 1 atom stereocenters. The van der Waals surface area contributed by atoms with Crippen molar-refractivity contribution >= 4 is 21.8 Å². The van der Waals surface area contributed by atoms with Gasteiger partial charge in [0.05, 0.1) is 7.11 Å². The van der Waals surface area contributed by atoms with E-state index in [9.17, 15) is 18.3 Å². The van der Waals surface area contributed by atoms with Crippen LogP contribution in [0.1, 0.15) is 0 Å². The molecule has 1 aromatic rings. The third-order valence-electron chi connectivity index (χ3n) is 2.03. The lowest BCUT2D eigenvalue weighted by Crippen LogP contribution is -2.37. The molecule has 1 heterocycles. The van der Waals surface area contributed by atoms with Crippen molar-refractivity contribution in [3.8, 4) is 0 Å². The van der Waals surface area contributed by atoms with Gasteiger partial charge in [0.25, 0.3) is 0 Å². The lowest BCUT2D eigenvalue weighted by atomic mass is 10.4. The van der Waals surface area contributed by atoms with Crippen LogP contribution in [0.15, 0.2) is 23.2 Å². The van der Waals surface area contributed by atoms with Crippen molar-refractivity contribution in [3.63, 3.8) is 0 Å². The van der Waals surface area contributed by atoms with Crippen LogP contribution >= 0.6 is 0 Å². The van der Waals surface area contributed by atoms with Crippen LogP contribution in [0.4, 0.5) is 5.82 Å². The Balaban J connectivity index is 2.78. The normalized spacial score (nSPS) is 13.0. The van der Waals surface area contributed by atoms with E-state index >= 15 is 0 Å². The van der Waals surface area contributed by atoms with E-state index in [1.54, 1.807) is 0 Å². The van der Waals surface area contributed by atoms with Crippen LogP contribution in [-0.2, 0) is 19.6 Å². The minimum Gasteiger partial charge on any atom is -0.467 e. The zero-order chi connectivity index (χ0) is 13.8. The number of esters is 1. The number of rotatable bonds is 5. The fourth-order valence-electron chi connectivity index (χ4n) is 1.12. The molecule has 0 bridgehead atoms. The summed E-state index contributed by atoms with van der Waals surface area (Å²) in [4.78, 5) is 14.3. The molecule has 1 unspecified atom stereocenters. The molecule has 0 saturated heterocycles. The second-order valence-corrected chi connectivity index (χ2v) is 5.01. The Morgan fingerprint density at radius 1 is 1.67 bits per heavy atom. The summed E-state index contributed by atoms with van der Waals surface area (Å²) in [7, 11) is -2.85. The van der Waals surface area contributed by atoms with Gasteiger partial charge < -0.3 is 15.6 Å². The number of nitrogen functional groups attached to an aromatic ring is 1. The number of aliphatic hydroxyl groups excluding tert-OH is 1. The molecule has 100 valence electrons. The topological polar surface area (TPSA) is 132 Å². The third kappa shape index (κ3) is 3.39. The predicted octanol–water partition coefficient (Wildman–Crippen LogP) is -1.52. The zero-order valence-corrected chi connectivity index (χ0v) is 10.3. The molecule has 9 heteroatoms. The van der Waals surface area contributed by atoms with Crippen LogP contribution in [0.3, 0.4) is 0 Å². The van der Waals surface area contributed by atoms with Crippen LogP contribution in [0.25, 0.3) is 0 Å². The van der Waals surface area contributed by atoms with Gasteiger partial charge in [-0.3, -0.25) is 0 Å². The van der Waals surface area contributed by atoms with Crippen LogP contribution < -0.4 is 10.5 Å². The fourth-order valence-corrected chi connectivity index (χ4v) is 2.23. The molecule has 4 N–H and O–H groups in total. The first kappa shape index (κ1) is 14.4. The summed E-state index contributed by atoms with van der Waals surface area (Å²) in [6.45, 7) is -0.511. The number of aromatic nitrogens is 1. The second kappa shape index (κ2) is 5.76. The first-order valence-electron chi connectivity index (χ1n) is 4.84. The molecule has 18 heavy (non-hydrogen) atoms. The summed E-state index contributed by atoms with van der Waals surface area (Å²) in [6, 6.07) is 2.66. The van der Waals surface area contributed by atoms with Crippen LogP contribution in [-0.4, -0.2) is 44.2 Å². The minimum absolute atomic E-state index is 0.169. The van der Waals surface area contributed by atoms with Crippen LogP contribution in [0.2, 0.25) is 0 Å². The Labute approximate surface area is 104 Å². The second-order valence-electron chi connectivity index (χ2n) is 3.28. The maximum Gasteiger partial charge on any atom is 0.336 e. The van der Waals surface area contributed by atoms with Crippen molar-refractivity contribution in [2.75, 3.05) is 19.4 Å². The van der Waals surface area contributed by atoms with Gasteiger partial charge in [-0.1, -0.05) is 0 Å². The molecule has 1 aromatic heterocycles. The monoisotopic (exact) mass is 275 g/mol. The van der Waals surface area contributed by atoms with E-state index in [0.29, 0.717) is 0 Å². The van der Waals surface area contributed by atoms with E-state index in [2.05, 4.69) is 9.72 Å². The lowest BCUT2D eigenvalue weighted by molar-refractivity contribution is -0.149. The van der Waals surface area contributed by atoms with Gasteiger partial charge in [-0.25, -0.2) is 22.9 Å². The van der Waals surface area contributed by atoms with Gasteiger partial charge in [-0.15, -0.1) is 0 Å². The standard InChI is InChI=1S/C9H13N3O5S/c1-17-9(14)6(13)5-12-18(15,16)7-3-2-4-11-8(7)10/h2-4,6,12-13H,5H2,1H3,(H2,10,11). The average Bonchev–Trinajstić information content (AvgIpc) is 2.35. The van der Waals surface area contributed by atoms with Gasteiger partial charge in [0, 0.05) is 12.7 Å². The van der Waals surface area contributed by atoms with E-state index in [0.717, 1.165) is 7.11 Å². The largest absolute Gasteiger partial charge is 0.467 e. The van der Waals surface area contributed by atoms with Crippen molar-refractivity contribution in [3.05, 3.63) is 18.3 Å².